The molecule has 0 radical (unpaired) electrons. The summed E-state index contributed by atoms with van der Waals surface area (Å²) in [7, 11) is 0. The Bertz CT molecular complexity index is 729. The molecule has 0 aliphatic heterocycles. The predicted octanol–water partition coefficient (Wildman–Crippen LogP) is 3.28. The molecular weight excluding hydrogens is 285 g/mol. The molecule has 4 nitrogen and oxygen atoms in total. The van der Waals surface area contributed by atoms with Crippen molar-refractivity contribution in [3.63, 3.8) is 0 Å². The summed E-state index contributed by atoms with van der Waals surface area (Å²) in [4.78, 5) is 30.2. The van der Waals surface area contributed by atoms with Gasteiger partial charge in [0.15, 0.2) is 0 Å². The fourth-order valence-corrected chi connectivity index (χ4v) is 2.44. The summed E-state index contributed by atoms with van der Waals surface area (Å²) in [6, 6.07) is 6.43. The number of aromatic amines is 1. The average molecular weight is 303 g/mol. The van der Waals surface area contributed by atoms with Crippen molar-refractivity contribution in [1.82, 2.24) is 4.98 Å². The molecule has 2 rings (SSSR count). The van der Waals surface area contributed by atoms with Gasteiger partial charge in [-0.15, -0.1) is 0 Å². The van der Waals surface area contributed by atoms with E-state index in [1.807, 2.05) is 0 Å². The summed E-state index contributed by atoms with van der Waals surface area (Å²) in [6.45, 7) is 6.15. The van der Waals surface area contributed by atoms with E-state index in [4.69, 9.17) is 9.59 Å². The van der Waals surface area contributed by atoms with E-state index >= 15 is 0 Å². The van der Waals surface area contributed by atoms with Crippen LogP contribution in [0.25, 0.3) is 11.1 Å². The van der Waals surface area contributed by atoms with Crippen LogP contribution in [0.15, 0.2) is 35.3 Å². The topological polar surface area (TPSA) is 67.0 Å². The molecule has 1 heterocycles. The van der Waals surface area contributed by atoms with Crippen LogP contribution in [0.5, 0.6) is 0 Å². The number of rotatable bonds is 3. The van der Waals surface area contributed by atoms with Gasteiger partial charge in [0.1, 0.15) is 5.82 Å². The summed E-state index contributed by atoms with van der Waals surface area (Å²) >= 11 is 0. The van der Waals surface area contributed by atoms with Crippen LogP contribution in [0.2, 0.25) is 0 Å². The standard InChI is InChI=1S/C16H18FNO.CO2/c1-4-13-14(10(2)3)8-12(17)9-15(13)11-5-6-18-16(19)7-11;2-1-3/h5-10H,4H2,1-3H3,(H,18,19);. The minimum atomic E-state index is -0.254. The van der Waals surface area contributed by atoms with Crippen molar-refractivity contribution in [3.05, 3.63) is 57.8 Å². The summed E-state index contributed by atoms with van der Waals surface area (Å²) in [6.07, 6.45) is 2.66. The van der Waals surface area contributed by atoms with Gasteiger partial charge in [-0.25, -0.2) is 4.39 Å². The van der Waals surface area contributed by atoms with E-state index in [1.165, 1.54) is 12.1 Å². The lowest BCUT2D eigenvalue weighted by atomic mass is 9.89. The fraction of sp³-hybridized carbons (Fsp3) is 0.294. The van der Waals surface area contributed by atoms with Crippen molar-refractivity contribution in [1.29, 1.82) is 0 Å². The number of nitrogens with one attached hydrogen (secondary N) is 1. The maximum Gasteiger partial charge on any atom is 0.373 e. The largest absolute Gasteiger partial charge is 0.373 e. The molecule has 1 N–H and O–H groups in total. The van der Waals surface area contributed by atoms with Crippen LogP contribution in [0.4, 0.5) is 4.39 Å². The maximum atomic E-state index is 13.8. The minimum Gasteiger partial charge on any atom is -0.329 e. The molecule has 1 aromatic heterocycles. The Hall–Kier alpha value is -2.52. The molecule has 2 aromatic rings. The lowest BCUT2D eigenvalue weighted by molar-refractivity contribution is -0.191. The van der Waals surface area contributed by atoms with Gasteiger partial charge in [0.2, 0.25) is 5.56 Å². The highest BCUT2D eigenvalue weighted by molar-refractivity contribution is 5.68. The van der Waals surface area contributed by atoms with Gasteiger partial charge in [0.25, 0.3) is 0 Å². The van der Waals surface area contributed by atoms with E-state index in [0.29, 0.717) is 0 Å². The van der Waals surface area contributed by atoms with Gasteiger partial charge in [-0.3, -0.25) is 4.79 Å². The maximum absolute atomic E-state index is 13.8. The summed E-state index contributed by atoms with van der Waals surface area (Å²) in [5, 5.41) is 0. The lowest BCUT2D eigenvalue weighted by Crippen LogP contribution is -2.05. The molecule has 22 heavy (non-hydrogen) atoms. The van der Waals surface area contributed by atoms with Crippen LogP contribution in [-0.2, 0) is 16.0 Å². The number of hydrogen-bond acceptors (Lipinski definition) is 3. The summed E-state index contributed by atoms with van der Waals surface area (Å²) < 4.78 is 13.8. The van der Waals surface area contributed by atoms with Crippen LogP contribution in [0.3, 0.4) is 0 Å². The highest BCUT2D eigenvalue weighted by atomic mass is 19.1. The number of H-pyrrole nitrogens is 1. The highest BCUT2D eigenvalue weighted by Gasteiger charge is 2.14. The van der Waals surface area contributed by atoms with Gasteiger partial charge in [0.05, 0.1) is 0 Å². The first-order chi connectivity index (χ1) is 10.4. The molecular formula is C17H18FNO3. The number of carbonyl (C=O) groups excluding carboxylic acids is 2. The molecule has 0 unspecified atom stereocenters. The molecule has 5 heteroatoms. The number of pyridine rings is 1. The second-order valence-electron chi connectivity index (χ2n) is 5.05. The van der Waals surface area contributed by atoms with Gasteiger partial charge < -0.3 is 4.98 Å². The van der Waals surface area contributed by atoms with Gasteiger partial charge >= 0.3 is 6.15 Å². The van der Waals surface area contributed by atoms with E-state index in [0.717, 1.165) is 28.7 Å². The van der Waals surface area contributed by atoms with Crippen LogP contribution in [-0.4, -0.2) is 11.1 Å². The minimum absolute atomic E-state index is 0.171. The smallest absolute Gasteiger partial charge is 0.329 e. The molecule has 0 amide bonds. The fourth-order valence-electron chi connectivity index (χ4n) is 2.44. The molecule has 0 aliphatic carbocycles. The van der Waals surface area contributed by atoms with Crippen LogP contribution in [0.1, 0.15) is 37.8 Å². The Kier molecular flexibility index (Phi) is 6.42. The number of aromatic nitrogens is 1. The first-order valence-electron chi connectivity index (χ1n) is 6.95. The van der Waals surface area contributed by atoms with E-state index in [1.54, 1.807) is 18.3 Å². The van der Waals surface area contributed by atoms with Crippen molar-refractivity contribution in [3.8, 4) is 11.1 Å². The summed E-state index contributed by atoms with van der Waals surface area (Å²) in [5.74, 6) is 0.00239. The van der Waals surface area contributed by atoms with Crippen LogP contribution in [0, 0.1) is 5.82 Å². The third kappa shape index (κ3) is 4.24. The zero-order chi connectivity index (χ0) is 16.7. The van der Waals surface area contributed by atoms with Crippen LogP contribution >= 0.6 is 0 Å². The van der Waals surface area contributed by atoms with E-state index in [2.05, 4.69) is 25.8 Å². The third-order valence-electron chi connectivity index (χ3n) is 3.31. The molecule has 0 spiro atoms. The van der Waals surface area contributed by atoms with E-state index < -0.39 is 0 Å². The molecule has 0 aliphatic rings. The second-order valence-corrected chi connectivity index (χ2v) is 5.05. The first-order valence-corrected chi connectivity index (χ1v) is 6.95. The van der Waals surface area contributed by atoms with Crippen molar-refractivity contribution in [2.45, 2.75) is 33.1 Å². The Labute approximate surface area is 128 Å². The Balaban J connectivity index is 0.000000745. The molecule has 1 aromatic carbocycles. The Morgan fingerprint density at radius 1 is 1.23 bits per heavy atom. The van der Waals surface area contributed by atoms with Crippen LogP contribution < -0.4 is 5.56 Å². The van der Waals surface area contributed by atoms with E-state index in [-0.39, 0.29) is 23.4 Å². The SMILES string of the molecule is CCc1c(-c2cc[nH]c(=O)c2)cc(F)cc1C(C)C.O=C=O. The number of hydrogen-bond donors (Lipinski definition) is 1. The second kappa shape index (κ2) is 8.05. The van der Waals surface area contributed by atoms with Crippen molar-refractivity contribution in [2.24, 2.45) is 0 Å². The van der Waals surface area contributed by atoms with E-state index in [9.17, 15) is 9.18 Å². The molecule has 116 valence electrons. The zero-order valence-corrected chi connectivity index (χ0v) is 12.8. The first kappa shape index (κ1) is 17.5. The van der Waals surface area contributed by atoms with Gasteiger partial charge in [-0.05, 0) is 52.8 Å². The highest BCUT2D eigenvalue weighted by Crippen LogP contribution is 2.31. The molecule has 0 atom stereocenters. The third-order valence-corrected chi connectivity index (χ3v) is 3.31. The molecule has 0 bridgehead atoms. The summed E-state index contributed by atoms with van der Waals surface area (Å²) in [5.41, 5.74) is 3.54. The van der Waals surface area contributed by atoms with Crippen molar-refractivity contribution >= 4 is 6.15 Å². The Morgan fingerprint density at radius 3 is 2.36 bits per heavy atom. The van der Waals surface area contributed by atoms with Crippen molar-refractivity contribution < 1.29 is 14.0 Å². The normalized spacial score (nSPS) is 9.86. The monoisotopic (exact) mass is 303 g/mol. The molecule has 0 fully saturated rings. The van der Waals surface area contributed by atoms with Gasteiger partial charge in [-0.1, -0.05) is 20.8 Å². The number of benzene rings is 1. The molecule has 0 saturated carbocycles. The average Bonchev–Trinajstić information content (AvgIpc) is 2.47. The quantitative estimate of drug-likeness (QED) is 0.946. The number of halogens is 1. The lowest BCUT2D eigenvalue weighted by Gasteiger charge is -2.16. The predicted molar refractivity (Wildman–Crippen MR) is 80.9 cm³/mol. The molecule has 0 saturated heterocycles. The Morgan fingerprint density at radius 2 is 1.86 bits per heavy atom. The van der Waals surface area contributed by atoms with Gasteiger partial charge in [-0.2, -0.15) is 9.59 Å². The van der Waals surface area contributed by atoms with Gasteiger partial charge in [0, 0.05) is 12.3 Å². The zero-order valence-electron chi connectivity index (χ0n) is 12.8. The van der Waals surface area contributed by atoms with Crippen molar-refractivity contribution in [2.75, 3.05) is 0 Å².